The third-order valence-corrected chi connectivity index (χ3v) is 6.47. The van der Waals surface area contributed by atoms with Gasteiger partial charge in [-0.3, -0.25) is 4.79 Å². The highest BCUT2D eigenvalue weighted by atomic mass is 32.2. The highest BCUT2D eigenvalue weighted by molar-refractivity contribution is 7.98. The lowest BCUT2D eigenvalue weighted by Crippen LogP contribution is -2.29. The van der Waals surface area contributed by atoms with E-state index >= 15 is 0 Å². The van der Waals surface area contributed by atoms with Gasteiger partial charge in [-0.2, -0.15) is 0 Å². The summed E-state index contributed by atoms with van der Waals surface area (Å²) in [5.74, 6) is 1.83. The summed E-state index contributed by atoms with van der Waals surface area (Å²) in [4.78, 5) is 12.5. The summed E-state index contributed by atoms with van der Waals surface area (Å²) in [6.07, 6.45) is 18.3. The first-order valence-corrected chi connectivity index (χ1v) is 13.6. The van der Waals surface area contributed by atoms with Crippen LogP contribution >= 0.6 is 11.8 Å². The fourth-order valence-corrected chi connectivity index (χ4v) is 4.69. The first kappa shape index (κ1) is 25.1. The van der Waals surface area contributed by atoms with E-state index in [4.69, 9.17) is 9.47 Å². The van der Waals surface area contributed by atoms with E-state index in [-0.39, 0.29) is 18.0 Å². The zero-order chi connectivity index (χ0) is 21.4. The van der Waals surface area contributed by atoms with Crippen molar-refractivity contribution in [3.05, 3.63) is 29.8 Å². The van der Waals surface area contributed by atoms with Crippen LogP contribution < -0.4 is 4.74 Å². The van der Waals surface area contributed by atoms with Gasteiger partial charge in [-0.05, 0) is 38.0 Å². The average molecular weight is 435 g/mol. The molecular weight excluding hydrogens is 392 g/mol. The van der Waals surface area contributed by atoms with Crippen LogP contribution in [0, 0.1) is 0 Å². The Balaban J connectivity index is 1.74. The Kier molecular flexibility index (Phi) is 13.1. The van der Waals surface area contributed by atoms with E-state index < -0.39 is 0 Å². The van der Waals surface area contributed by atoms with Crippen molar-refractivity contribution in [1.82, 2.24) is 0 Å². The van der Waals surface area contributed by atoms with Crippen LogP contribution in [-0.2, 0) is 9.53 Å². The summed E-state index contributed by atoms with van der Waals surface area (Å²) in [5, 5.41) is 0. The summed E-state index contributed by atoms with van der Waals surface area (Å²) in [6.45, 7) is 2.26. The zero-order valence-electron chi connectivity index (χ0n) is 19.2. The summed E-state index contributed by atoms with van der Waals surface area (Å²) in [5.41, 5.74) is 1.20. The molecule has 2 atom stereocenters. The Labute approximate surface area is 188 Å². The average Bonchev–Trinajstić information content (AvgIpc) is 2.77. The van der Waals surface area contributed by atoms with Crippen molar-refractivity contribution < 1.29 is 14.3 Å². The molecule has 0 aliphatic heterocycles. The predicted molar refractivity (Wildman–Crippen MR) is 128 cm³/mol. The molecule has 170 valence electrons. The third-order valence-electron chi connectivity index (χ3n) is 6.12. The maximum Gasteiger partial charge on any atom is 0.306 e. The molecular formula is C26H42O3S. The van der Waals surface area contributed by atoms with Crippen molar-refractivity contribution in [2.75, 3.05) is 12.2 Å². The Morgan fingerprint density at radius 3 is 2.37 bits per heavy atom. The number of unbranched alkanes of at least 4 members (excludes halogenated alkanes) is 8. The number of thioether (sulfide) groups is 1. The minimum Gasteiger partial charge on any atom is -0.483 e. The van der Waals surface area contributed by atoms with Gasteiger partial charge in [-0.1, -0.05) is 82.9 Å². The molecule has 1 aromatic carbocycles. The molecule has 0 unspecified atom stereocenters. The molecule has 0 aromatic heterocycles. The first-order valence-electron chi connectivity index (χ1n) is 12.2. The van der Waals surface area contributed by atoms with Gasteiger partial charge in [-0.25, -0.2) is 0 Å². The lowest BCUT2D eigenvalue weighted by Gasteiger charge is -2.32. The van der Waals surface area contributed by atoms with E-state index in [2.05, 4.69) is 19.1 Å². The number of carbonyl (C=O) groups is 1. The second kappa shape index (κ2) is 15.6. The normalized spacial score (nSPS) is 18.9. The monoisotopic (exact) mass is 434 g/mol. The van der Waals surface area contributed by atoms with Crippen LogP contribution in [0.1, 0.15) is 108 Å². The van der Waals surface area contributed by atoms with Crippen LogP contribution in [0.5, 0.6) is 5.75 Å². The molecule has 4 heteroatoms. The Morgan fingerprint density at radius 1 is 0.967 bits per heavy atom. The predicted octanol–water partition coefficient (Wildman–Crippen LogP) is 7.88. The lowest BCUT2D eigenvalue weighted by atomic mass is 9.81. The van der Waals surface area contributed by atoms with Gasteiger partial charge < -0.3 is 9.47 Å². The van der Waals surface area contributed by atoms with Crippen molar-refractivity contribution in [3.8, 4) is 5.75 Å². The molecule has 1 fully saturated rings. The van der Waals surface area contributed by atoms with E-state index in [1.54, 1.807) is 11.8 Å². The van der Waals surface area contributed by atoms with Crippen molar-refractivity contribution in [2.24, 2.45) is 0 Å². The number of benzene rings is 1. The second-order valence-corrected chi connectivity index (χ2v) is 9.40. The number of para-hydroxylation sites is 1. The van der Waals surface area contributed by atoms with Crippen molar-refractivity contribution in [3.63, 3.8) is 0 Å². The Hall–Kier alpha value is -1.16. The Morgan fingerprint density at radius 2 is 1.63 bits per heavy atom. The van der Waals surface area contributed by atoms with E-state index in [1.807, 2.05) is 18.4 Å². The maximum absolute atomic E-state index is 12.5. The van der Waals surface area contributed by atoms with Gasteiger partial charge in [0.2, 0.25) is 0 Å². The largest absolute Gasteiger partial charge is 0.483 e. The summed E-state index contributed by atoms with van der Waals surface area (Å²) < 4.78 is 11.9. The van der Waals surface area contributed by atoms with Gasteiger partial charge >= 0.3 is 5.97 Å². The van der Waals surface area contributed by atoms with Crippen LogP contribution in [0.3, 0.4) is 0 Å². The van der Waals surface area contributed by atoms with Crippen molar-refractivity contribution in [2.45, 2.75) is 109 Å². The standard InChI is InChI=1S/C26H42O3S/c1-3-4-5-6-7-8-9-10-11-20-26(27)29-25-19-15-13-17-23(25)22-16-12-14-18-24(22)28-21-30-2/h12,14,16,18,23,25H,3-11,13,15,17,19-21H2,1-2H3/t23-,25+/m1/s1. The van der Waals surface area contributed by atoms with Gasteiger partial charge in [0.25, 0.3) is 0 Å². The van der Waals surface area contributed by atoms with E-state index in [1.165, 1.54) is 56.9 Å². The third kappa shape index (κ3) is 9.32. The number of esters is 1. The van der Waals surface area contributed by atoms with E-state index in [9.17, 15) is 4.79 Å². The minimum absolute atomic E-state index is 0.0103. The molecule has 1 saturated carbocycles. The zero-order valence-corrected chi connectivity index (χ0v) is 20.0. The molecule has 3 nitrogen and oxygen atoms in total. The summed E-state index contributed by atoms with van der Waals surface area (Å²) in [7, 11) is 0. The second-order valence-electron chi connectivity index (χ2n) is 8.59. The fourth-order valence-electron chi connectivity index (χ4n) is 4.44. The molecule has 2 rings (SSSR count). The van der Waals surface area contributed by atoms with Gasteiger partial charge in [-0.15, -0.1) is 11.8 Å². The number of hydrogen-bond acceptors (Lipinski definition) is 4. The number of rotatable bonds is 15. The first-order chi connectivity index (χ1) is 14.8. The molecule has 1 aliphatic carbocycles. The minimum atomic E-state index is -0.0163. The highest BCUT2D eigenvalue weighted by Gasteiger charge is 2.31. The van der Waals surface area contributed by atoms with Crippen LogP contribution in [-0.4, -0.2) is 24.3 Å². The summed E-state index contributed by atoms with van der Waals surface area (Å²) in [6, 6.07) is 8.28. The maximum atomic E-state index is 12.5. The molecule has 0 radical (unpaired) electrons. The van der Waals surface area contributed by atoms with Crippen LogP contribution in [0.4, 0.5) is 0 Å². The molecule has 0 spiro atoms. The van der Waals surface area contributed by atoms with E-state index in [0.717, 1.165) is 37.9 Å². The van der Waals surface area contributed by atoms with Gasteiger partial charge in [0, 0.05) is 17.9 Å². The van der Waals surface area contributed by atoms with Crippen LogP contribution in [0.2, 0.25) is 0 Å². The number of ether oxygens (including phenoxy) is 2. The number of carbonyl (C=O) groups excluding carboxylic acids is 1. The smallest absolute Gasteiger partial charge is 0.306 e. The van der Waals surface area contributed by atoms with Crippen molar-refractivity contribution in [1.29, 1.82) is 0 Å². The van der Waals surface area contributed by atoms with Crippen molar-refractivity contribution >= 4 is 17.7 Å². The molecule has 30 heavy (non-hydrogen) atoms. The van der Waals surface area contributed by atoms with Gasteiger partial charge in [0.15, 0.2) is 0 Å². The van der Waals surface area contributed by atoms with Crippen LogP contribution in [0.15, 0.2) is 24.3 Å². The molecule has 1 aromatic rings. The fraction of sp³-hybridized carbons (Fsp3) is 0.731. The van der Waals surface area contributed by atoms with E-state index in [0.29, 0.717) is 12.4 Å². The molecule has 0 N–H and O–H groups in total. The molecule has 0 bridgehead atoms. The van der Waals surface area contributed by atoms with Gasteiger partial charge in [0.05, 0.1) is 0 Å². The lowest BCUT2D eigenvalue weighted by molar-refractivity contribution is -0.151. The number of hydrogen-bond donors (Lipinski definition) is 0. The molecule has 0 heterocycles. The highest BCUT2D eigenvalue weighted by Crippen LogP contribution is 2.39. The molecule has 0 amide bonds. The van der Waals surface area contributed by atoms with Crippen LogP contribution in [0.25, 0.3) is 0 Å². The Bertz CT molecular complexity index is 589. The molecule has 0 saturated heterocycles. The topological polar surface area (TPSA) is 35.5 Å². The van der Waals surface area contributed by atoms with Gasteiger partial charge in [0.1, 0.15) is 17.8 Å². The SMILES string of the molecule is CCCCCCCCCCCC(=O)O[C@H]1CCCC[C@@H]1c1ccccc1OCSC. The summed E-state index contributed by atoms with van der Waals surface area (Å²) >= 11 is 1.67. The molecule has 1 aliphatic rings. The quantitative estimate of drug-likeness (QED) is 0.160.